The molecule has 0 radical (unpaired) electrons. The zero-order chi connectivity index (χ0) is 10.3. The summed E-state index contributed by atoms with van der Waals surface area (Å²) in [6, 6.07) is 0. The molecule has 3 N–H and O–H groups in total. The predicted octanol–water partition coefficient (Wildman–Crippen LogP) is 1.61. The normalized spacial score (nSPS) is 38.6. The van der Waals surface area contributed by atoms with Gasteiger partial charge in [-0.25, -0.2) is 0 Å². The van der Waals surface area contributed by atoms with E-state index in [0.29, 0.717) is 6.42 Å². The molecular formula is C10H19NO2. The van der Waals surface area contributed by atoms with Crippen molar-refractivity contribution in [1.82, 2.24) is 0 Å². The molecule has 0 amide bonds. The Labute approximate surface area is 79.3 Å². The van der Waals surface area contributed by atoms with Gasteiger partial charge in [0.15, 0.2) is 0 Å². The lowest BCUT2D eigenvalue weighted by molar-refractivity contribution is -0.148. The average Bonchev–Trinajstić information content (AvgIpc) is 1.96. The maximum atomic E-state index is 11.0. The van der Waals surface area contributed by atoms with Gasteiger partial charge in [-0.15, -0.1) is 0 Å². The first-order chi connectivity index (χ1) is 5.78. The molecule has 2 atom stereocenters. The first kappa shape index (κ1) is 10.5. The summed E-state index contributed by atoms with van der Waals surface area (Å²) in [5.41, 5.74) is 5.12. The summed E-state index contributed by atoms with van der Waals surface area (Å²) in [5, 5.41) is 9.01. The van der Waals surface area contributed by atoms with Crippen molar-refractivity contribution in [1.29, 1.82) is 0 Å². The molecule has 0 aliphatic heterocycles. The van der Waals surface area contributed by atoms with Crippen LogP contribution in [0.4, 0.5) is 0 Å². The van der Waals surface area contributed by atoms with Gasteiger partial charge in [-0.05, 0) is 30.6 Å². The summed E-state index contributed by atoms with van der Waals surface area (Å²) < 4.78 is 0. The van der Waals surface area contributed by atoms with Crippen LogP contribution in [0.5, 0.6) is 0 Å². The minimum Gasteiger partial charge on any atom is -0.480 e. The summed E-state index contributed by atoms with van der Waals surface area (Å²) in [6.45, 7) is 6.28. The molecule has 0 aromatic carbocycles. The predicted molar refractivity (Wildman–Crippen MR) is 51.4 cm³/mol. The standard InChI is InChI=1S/C10H19NO2/c1-7-6-9(2,3)4-5-10(7,11)8(12)13/h7H,4-6,11H2,1-3H3,(H,12,13). The zero-order valence-corrected chi connectivity index (χ0v) is 8.63. The van der Waals surface area contributed by atoms with E-state index >= 15 is 0 Å². The molecular weight excluding hydrogens is 166 g/mol. The second kappa shape index (κ2) is 2.98. The van der Waals surface area contributed by atoms with Crippen molar-refractivity contribution in [2.45, 2.75) is 45.6 Å². The summed E-state index contributed by atoms with van der Waals surface area (Å²) >= 11 is 0. The second-order valence-electron chi connectivity index (χ2n) is 5.11. The van der Waals surface area contributed by atoms with Gasteiger partial charge in [0.05, 0.1) is 0 Å². The fraction of sp³-hybridized carbons (Fsp3) is 0.900. The quantitative estimate of drug-likeness (QED) is 0.652. The lowest BCUT2D eigenvalue weighted by atomic mass is 9.64. The third kappa shape index (κ3) is 1.85. The van der Waals surface area contributed by atoms with E-state index in [0.717, 1.165) is 12.8 Å². The molecule has 0 spiro atoms. The first-order valence-electron chi connectivity index (χ1n) is 4.80. The van der Waals surface area contributed by atoms with Gasteiger partial charge < -0.3 is 10.8 Å². The van der Waals surface area contributed by atoms with Crippen LogP contribution in [0, 0.1) is 11.3 Å². The van der Waals surface area contributed by atoms with Gasteiger partial charge in [0.25, 0.3) is 0 Å². The number of carbonyl (C=O) groups is 1. The molecule has 13 heavy (non-hydrogen) atoms. The maximum Gasteiger partial charge on any atom is 0.323 e. The minimum absolute atomic E-state index is 0.0637. The first-order valence-corrected chi connectivity index (χ1v) is 4.80. The highest BCUT2D eigenvalue weighted by molar-refractivity contribution is 5.79. The van der Waals surface area contributed by atoms with Crippen molar-refractivity contribution in [3.8, 4) is 0 Å². The molecule has 2 unspecified atom stereocenters. The molecule has 76 valence electrons. The number of hydrogen-bond donors (Lipinski definition) is 2. The van der Waals surface area contributed by atoms with E-state index in [4.69, 9.17) is 10.8 Å². The van der Waals surface area contributed by atoms with Crippen molar-refractivity contribution >= 4 is 5.97 Å². The maximum absolute atomic E-state index is 11.0. The van der Waals surface area contributed by atoms with Crippen molar-refractivity contribution < 1.29 is 9.90 Å². The van der Waals surface area contributed by atoms with Gasteiger partial charge in [0.1, 0.15) is 5.54 Å². The Morgan fingerprint density at radius 3 is 2.38 bits per heavy atom. The lowest BCUT2D eigenvalue weighted by Crippen LogP contribution is -2.57. The minimum atomic E-state index is -0.991. The van der Waals surface area contributed by atoms with Crippen LogP contribution in [0.1, 0.15) is 40.0 Å². The number of hydrogen-bond acceptors (Lipinski definition) is 2. The van der Waals surface area contributed by atoms with Gasteiger partial charge in [0, 0.05) is 0 Å². The van der Waals surface area contributed by atoms with Crippen LogP contribution in [-0.4, -0.2) is 16.6 Å². The number of carboxylic acid groups (broad SMARTS) is 1. The van der Waals surface area contributed by atoms with Crippen LogP contribution in [0.3, 0.4) is 0 Å². The Balaban J connectivity index is 2.79. The van der Waals surface area contributed by atoms with Gasteiger partial charge in [-0.2, -0.15) is 0 Å². The smallest absolute Gasteiger partial charge is 0.323 e. The molecule has 1 aliphatic rings. The van der Waals surface area contributed by atoms with Gasteiger partial charge in [-0.1, -0.05) is 20.8 Å². The number of rotatable bonds is 1. The van der Waals surface area contributed by atoms with Gasteiger partial charge in [0.2, 0.25) is 0 Å². The number of carboxylic acids is 1. The Morgan fingerprint density at radius 2 is 2.00 bits per heavy atom. The van der Waals surface area contributed by atoms with E-state index in [9.17, 15) is 4.79 Å². The highest BCUT2D eigenvalue weighted by Gasteiger charge is 2.46. The van der Waals surface area contributed by atoms with E-state index in [1.807, 2.05) is 6.92 Å². The topological polar surface area (TPSA) is 63.3 Å². The van der Waals surface area contributed by atoms with Crippen LogP contribution in [0.25, 0.3) is 0 Å². The Morgan fingerprint density at radius 1 is 1.46 bits per heavy atom. The molecule has 3 nitrogen and oxygen atoms in total. The molecule has 3 heteroatoms. The molecule has 1 rings (SSSR count). The van der Waals surface area contributed by atoms with E-state index in [2.05, 4.69) is 13.8 Å². The third-order valence-electron chi connectivity index (χ3n) is 3.35. The highest BCUT2D eigenvalue weighted by Crippen LogP contribution is 2.42. The Bertz CT molecular complexity index is 225. The van der Waals surface area contributed by atoms with Crippen molar-refractivity contribution in [2.75, 3.05) is 0 Å². The molecule has 0 bridgehead atoms. The molecule has 0 aromatic heterocycles. The highest BCUT2D eigenvalue weighted by atomic mass is 16.4. The van der Waals surface area contributed by atoms with E-state index in [1.165, 1.54) is 0 Å². The number of aliphatic carboxylic acids is 1. The van der Waals surface area contributed by atoms with Crippen LogP contribution < -0.4 is 5.73 Å². The molecule has 1 aliphatic carbocycles. The van der Waals surface area contributed by atoms with Crippen molar-refractivity contribution in [3.63, 3.8) is 0 Å². The molecule has 0 saturated heterocycles. The van der Waals surface area contributed by atoms with Gasteiger partial charge >= 0.3 is 5.97 Å². The van der Waals surface area contributed by atoms with Gasteiger partial charge in [-0.3, -0.25) is 4.79 Å². The fourth-order valence-corrected chi connectivity index (χ4v) is 2.22. The SMILES string of the molecule is CC1CC(C)(C)CCC1(N)C(=O)O. The van der Waals surface area contributed by atoms with E-state index in [1.54, 1.807) is 0 Å². The molecule has 1 fully saturated rings. The lowest BCUT2D eigenvalue weighted by Gasteiger charge is -2.43. The molecule has 0 aromatic rings. The average molecular weight is 185 g/mol. The Hall–Kier alpha value is -0.570. The van der Waals surface area contributed by atoms with E-state index in [-0.39, 0.29) is 11.3 Å². The summed E-state index contributed by atoms with van der Waals surface area (Å²) in [7, 11) is 0. The molecule has 0 heterocycles. The second-order valence-corrected chi connectivity index (χ2v) is 5.11. The van der Waals surface area contributed by atoms with Crippen LogP contribution in [-0.2, 0) is 4.79 Å². The largest absolute Gasteiger partial charge is 0.480 e. The summed E-state index contributed by atoms with van der Waals surface area (Å²) in [4.78, 5) is 11.0. The Kier molecular flexibility index (Phi) is 2.41. The molecule has 1 saturated carbocycles. The fourth-order valence-electron chi connectivity index (χ4n) is 2.22. The third-order valence-corrected chi connectivity index (χ3v) is 3.35. The van der Waals surface area contributed by atoms with Crippen molar-refractivity contribution in [2.24, 2.45) is 17.1 Å². The van der Waals surface area contributed by atoms with E-state index < -0.39 is 11.5 Å². The van der Waals surface area contributed by atoms with Crippen molar-refractivity contribution in [3.05, 3.63) is 0 Å². The summed E-state index contributed by atoms with van der Waals surface area (Å²) in [6.07, 6.45) is 2.40. The van der Waals surface area contributed by atoms with Crippen LogP contribution in [0.2, 0.25) is 0 Å². The number of nitrogens with two attached hydrogens (primary N) is 1. The summed E-state index contributed by atoms with van der Waals surface area (Å²) in [5.74, 6) is -0.788. The van der Waals surface area contributed by atoms with Crippen LogP contribution in [0.15, 0.2) is 0 Å². The zero-order valence-electron chi connectivity index (χ0n) is 8.63. The van der Waals surface area contributed by atoms with Crippen LogP contribution >= 0.6 is 0 Å². The monoisotopic (exact) mass is 185 g/mol.